The van der Waals surface area contributed by atoms with Crippen molar-refractivity contribution in [2.75, 3.05) is 6.54 Å². The van der Waals surface area contributed by atoms with Crippen molar-refractivity contribution in [1.29, 1.82) is 0 Å². The SMILES string of the molecule is CCN(Cc1nc(-c2cccs2)no1)C(=O)c1ccc([N+](=O)[O-])cc1. The lowest BCUT2D eigenvalue weighted by atomic mass is 10.2. The molecule has 8 nitrogen and oxygen atoms in total. The highest BCUT2D eigenvalue weighted by Gasteiger charge is 2.19. The summed E-state index contributed by atoms with van der Waals surface area (Å²) in [4.78, 5) is 29.5. The first-order chi connectivity index (χ1) is 12.1. The molecule has 128 valence electrons. The van der Waals surface area contributed by atoms with Gasteiger partial charge in [-0.15, -0.1) is 11.3 Å². The van der Waals surface area contributed by atoms with E-state index >= 15 is 0 Å². The summed E-state index contributed by atoms with van der Waals surface area (Å²) in [7, 11) is 0. The standard InChI is InChI=1S/C16H14N4O4S/c1-2-19(16(21)11-5-7-12(8-6-11)20(22)23)10-14-17-15(18-24-14)13-4-3-9-25-13/h3-9H,2,10H2,1H3. The first kappa shape index (κ1) is 16.8. The maximum absolute atomic E-state index is 12.6. The molecule has 0 N–H and O–H groups in total. The Morgan fingerprint density at radius 2 is 2.08 bits per heavy atom. The molecule has 1 aromatic carbocycles. The zero-order valence-corrected chi connectivity index (χ0v) is 14.1. The van der Waals surface area contributed by atoms with Crippen LogP contribution < -0.4 is 0 Å². The highest BCUT2D eigenvalue weighted by atomic mass is 32.1. The Morgan fingerprint density at radius 3 is 2.68 bits per heavy atom. The number of benzene rings is 1. The Kier molecular flexibility index (Phi) is 4.85. The van der Waals surface area contributed by atoms with E-state index in [0.717, 1.165) is 4.88 Å². The maximum Gasteiger partial charge on any atom is 0.269 e. The minimum Gasteiger partial charge on any atom is -0.337 e. The lowest BCUT2D eigenvalue weighted by Gasteiger charge is -2.18. The second-order valence-corrected chi connectivity index (χ2v) is 6.06. The Labute approximate surface area is 146 Å². The molecule has 0 aliphatic rings. The van der Waals surface area contributed by atoms with Crippen molar-refractivity contribution in [1.82, 2.24) is 15.0 Å². The summed E-state index contributed by atoms with van der Waals surface area (Å²) < 4.78 is 5.22. The van der Waals surface area contributed by atoms with Crippen LogP contribution in [0.1, 0.15) is 23.2 Å². The molecule has 0 spiro atoms. The van der Waals surface area contributed by atoms with Gasteiger partial charge in [0.25, 0.3) is 11.6 Å². The van der Waals surface area contributed by atoms with Gasteiger partial charge in [0.2, 0.25) is 11.7 Å². The van der Waals surface area contributed by atoms with Gasteiger partial charge >= 0.3 is 0 Å². The molecule has 0 saturated heterocycles. The molecule has 0 saturated carbocycles. The number of carbonyl (C=O) groups is 1. The molecule has 2 aromatic heterocycles. The molecule has 0 aliphatic carbocycles. The van der Waals surface area contributed by atoms with Gasteiger partial charge < -0.3 is 9.42 Å². The van der Waals surface area contributed by atoms with Crippen molar-refractivity contribution in [2.24, 2.45) is 0 Å². The third-order valence-electron chi connectivity index (χ3n) is 3.53. The van der Waals surface area contributed by atoms with Gasteiger partial charge in [-0.25, -0.2) is 0 Å². The first-order valence-corrected chi connectivity index (χ1v) is 8.36. The fraction of sp³-hybridized carbons (Fsp3) is 0.188. The fourth-order valence-electron chi connectivity index (χ4n) is 2.22. The second kappa shape index (κ2) is 7.22. The van der Waals surface area contributed by atoms with E-state index in [9.17, 15) is 14.9 Å². The largest absolute Gasteiger partial charge is 0.337 e. The Morgan fingerprint density at radius 1 is 1.32 bits per heavy atom. The Balaban J connectivity index is 1.73. The third-order valence-corrected chi connectivity index (χ3v) is 4.40. The molecular formula is C16H14N4O4S. The number of thiophene rings is 1. The Bertz CT molecular complexity index is 874. The zero-order chi connectivity index (χ0) is 17.8. The van der Waals surface area contributed by atoms with Gasteiger partial charge in [0.15, 0.2) is 0 Å². The topological polar surface area (TPSA) is 102 Å². The monoisotopic (exact) mass is 358 g/mol. The number of nitrogens with zero attached hydrogens (tertiary/aromatic N) is 4. The van der Waals surface area contributed by atoms with Crippen LogP contribution in [0, 0.1) is 10.1 Å². The lowest BCUT2D eigenvalue weighted by Crippen LogP contribution is -2.30. The quantitative estimate of drug-likeness (QED) is 0.494. The van der Waals surface area contributed by atoms with Crippen LogP contribution in [-0.4, -0.2) is 32.4 Å². The normalized spacial score (nSPS) is 10.6. The zero-order valence-electron chi connectivity index (χ0n) is 13.3. The molecule has 0 fully saturated rings. The van der Waals surface area contributed by atoms with E-state index in [-0.39, 0.29) is 18.1 Å². The number of hydrogen-bond acceptors (Lipinski definition) is 7. The van der Waals surface area contributed by atoms with Crippen LogP contribution in [0.2, 0.25) is 0 Å². The van der Waals surface area contributed by atoms with Crippen molar-refractivity contribution in [3.63, 3.8) is 0 Å². The molecule has 0 atom stereocenters. The van der Waals surface area contributed by atoms with Crippen LogP contribution in [0.25, 0.3) is 10.7 Å². The smallest absolute Gasteiger partial charge is 0.269 e. The van der Waals surface area contributed by atoms with Crippen LogP contribution >= 0.6 is 11.3 Å². The average Bonchev–Trinajstić information content (AvgIpc) is 3.30. The molecule has 25 heavy (non-hydrogen) atoms. The minimum absolute atomic E-state index is 0.0583. The number of nitro benzene ring substituents is 1. The summed E-state index contributed by atoms with van der Waals surface area (Å²) in [6.45, 7) is 2.44. The highest BCUT2D eigenvalue weighted by Crippen LogP contribution is 2.22. The van der Waals surface area contributed by atoms with E-state index in [2.05, 4.69) is 10.1 Å². The van der Waals surface area contributed by atoms with Crippen LogP contribution in [0.5, 0.6) is 0 Å². The molecule has 2 heterocycles. The molecule has 3 rings (SSSR count). The summed E-state index contributed by atoms with van der Waals surface area (Å²) >= 11 is 1.50. The van der Waals surface area contributed by atoms with Crippen LogP contribution in [0.3, 0.4) is 0 Å². The van der Waals surface area contributed by atoms with Gasteiger partial charge in [-0.2, -0.15) is 4.98 Å². The van der Waals surface area contributed by atoms with E-state index in [1.54, 1.807) is 0 Å². The van der Waals surface area contributed by atoms with Crippen molar-refractivity contribution in [2.45, 2.75) is 13.5 Å². The van der Waals surface area contributed by atoms with Gasteiger partial charge in [-0.3, -0.25) is 14.9 Å². The molecular weight excluding hydrogens is 344 g/mol. The van der Waals surface area contributed by atoms with Crippen molar-refractivity contribution < 1.29 is 14.2 Å². The minimum atomic E-state index is -0.504. The van der Waals surface area contributed by atoms with Gasteiger partial charge in [-0.1, -0.05) is 11.2 Å². The molecule has 1 amide bonds. The van der Waals surface area contributed by atoms with Crippen molar-refractivity contribution in [3.8, 4) is 10.7 Å². The molecule has 0 radical (unpaired) electrons. The van der Waals surface area contributed by atoms with Crippen LogP contribution in [-0.2, 0) is 6.54 Å². The maximum atomic E-state index is 12.6. The number of non-ortho nitro benzene ring substituents is 1. The van der Waals surface area contributed by atoms with E-state index < -0.39 is 4.92 Å². The van der Waals surface area contributed by atoms with Crippen molar-refractivity contribution in [3.05, 3.63) is 63.3 Å². The molecule has 0 bridgehead atoms. The number of hydrogen-bond donors (Lipinski definition) is 0. The van der Waals surface area contributed by atoms with Gasteiger partial charge in [-0.05, 0) is 30.5 Å². The predicted molar refractivity (Wildman–Crippen MR) is 91.1 cm³/mol. The van der Waals surface area contributed by atoms with Crippen molar-refractivity contribution >= 4 is 22.9 Å². The van der Waals surface area contributed by atoms with E-state index in [0.29, 0.717) is 23.8 Å². The highest BCUT2D eigenvalue weighted by molar-refractivity contribution is 7.13. The van der Waals surface area contributed by atoms with Gasteiger partial charge in [0, 0.05) is 24.2 Å². The van der Waals surface area contributed by atoms with Gasteiger partial charge in [0.1, 0.15) is 6.54 Å². The second-order valence-electron chi connectivity index (χ2n) is 5.11. The summed E-state index contributed by atoms with van der Waals surface area (Å²) in [5, 5.41) is 16.5. The van der Waals surface area contributed by atoms with E-state index in [1.807, 2.05) is 24.4 Å². The summed E-state index contributed by atoms with van der Waals surface area (Å²) in [5.41, 5.74) is 0.308. The average molecular weight is 358 g/mol. The number of amides is 1. The third kappa shape index (κ3) is 3.72. The fourth-order valence-corrected chi connectivity index (χ4v) is 2.87. The van der Waals surface area contributed by atoms with Gasteiger partial charge in [0.05, 0.1) is 9.80 Å². The Hall–Kier alpha value is -3.07. The molecule has 0 unspecified atom stereocenters. The summed E-state index contributed by atoms with van der Waals surface area (Å²) in [6, 6.07) is 9.28. The predicted octanol–water partition coefficient (Wildman–Crippen LogP) is 3.37. The first-order valence-electron chi connectivity index (χ1n) is 7.48. The number of aromatic nitrogens is 2. The summed E-state index contributed by atoms with van der Waals surface area (Å²) in [6.07, 6.45) is 0. The van der Waals surface area contributed by atoms with Crippen LogP contribution in [0.4, 0.5) is 5.69 Å². The van der Waals surface area contributed by atoms with E-state index in [1.165, 1.54) is 40.5 Å². The molecule has 0 aliphatic heterocycles. The van der Waals surface area contributed by atoms with Crippen LogP contribution in [0.15, 0.2) is 46.3 Å². The lowest BCUT2D eigenvalue weighted by molar-refractivity contribution is -0.384. The number of carbonyl (C=O) groups excluding carboxylic acids is 1. The molecule has 3 aromatic rings. The van der Waals surface area contributed by atoms with E-state index in [4.69, 9.17) is 4.52 Å². The molecule has 9 heteroatoms. The number of rotatable bonds is 6. The number of nitro groups is 1. The summed E-state index contributed by atoms with van der Waals surface area (Å²) in [5.74, 6) is 0.567.